The second-order valence-electron chi connectivity index (χ2n) is 5.41. The van der Waals surface area contributed by atoms with Crippen LogP contribution in [0.15, 0.2) is 30.3 Å². The monoisotopic (exact) mass is 297 g/mol. The molecule has 0 amide bonds. The van der Waals surface area contributed by atoms with Crippen molar-refractivity contribution in [2.24, 2.45) is 0 Å². The van der Waals surface area contributed by atoms with Gasteiger partial charge in [0.2, 0.25) is 10.0 Å². The molecule has 6 heteroatoms. The van der Waals surface area contributed by atoms with E-state index in [4.69, 9.17) is 0 Å². The Bertz CT molecular complexity index is 510. The predicted octanol–water partition coefficient (Wildman–Crippen LogP) is 0.746. The highest BCUT2D eigenvalue weighted by atomic mass is 32.2. The minimum absolute atomic E-state index is 0.0479. The molecule has 1 atom stereocenters. The standard InChI is InChI=1S/C14H23N3O2S/c1-13(15-20(2,18)19)12-16-8-10-17(11-9-16)14-6-4-3-5-7-14/h3-7,13,15H,8-12H2,1-2H3/t13-/m0/s1. The average molecular weight is 297 g/mol. The third kappa shape index (κ3) is 4.77. The van der Waals surface area contributed by atoms with Crippen molar-refractivity contribution < 1.29 is 8.42 Å². The summed E-state index contributed by atoms with van der Waals surface area (Å²) in [6.45, 7) is 6.56. The SMILES string of the molecule is C[C@@H](CN1CCN(c2ccccc2)CC1)NS(C)(=O)=O. The molecule has 5 nitrogen and oxygen atoms in total. The van der Waals surface area contributed by atoms with Crippen LogP contribution in [0.25, 0.3) is 0 Å². The highest BCUT2D eigenvalue weighted by Crippen LogP contribution is 2.15. The topological polar surface area (TPSA) is 52.6 Å². The summed E-state index contributed by atoms with van der Waals surface area (Å²) in [4.78, 5) is 4.67. The van der Waals surface area contributed by atoms with Crippen molar-refractivity contribution in [3.63, 3.8) is 0 Å². The molecule has 0 radical (unpaired) electrons. The van der Waals surface area contributed by atoms with E-state index in [0.717, 1.165) is 32.7 Å². The molecule has 112 valence electrons. The van der Waals surface area contributed by atoms with Crippen LogP contribution in [0.1, 0.15) is 6.92 Å². The van der Waals surface area contributed by atoms with Crippen molar-refractivity contribution in [3.05, 3.63) is 30.3 Å². The number of benzene rings is 1. The number of hydrogen-bond donors (Lipinski definition) is 1. The normalized spacial score (nSPS) is 19.0. The molecule has 0 saturated carbocycles. The molecule has 1 saturated heterocycles. The van der Waals surface area contributed by atoms with Crippen LogP contribution in [0.3, 0.4) is 0 Å². The second kappa shape index (κ2) is 6.56. The second-order valence-corrected chi connectivity index (χ2v) is 7.19. The molecule has 1 aromatic rings. The van der Waals surface area contributed by atoms with Crippen LogP contribution in [-0.2, 0) is 10.0 Å². The van der Waals surface area contributed by atoms with E-state index in [1.54, 1.807) is 0 Å². The van der Waals surface area contributed by atoms with Gasteiger partial charge in [0.15, 0.2) is 0 Å². The van der Waals surface area contributed by atoms with E-state index in [2.05, 4.69) is 38.8 Å². The minimum Gasteiger partial charge on any atom is -0.369 e. The van der Waals surface area contributed by atoms with Gasteiger partial charge in [-0.2, -0.15) is 0 Å². The molecule has 1 aromatic carbocycles. The summed E-state index contributed by atoms with van der Waals surface area (Å²) < 4.78 is 25.0. The van der Waals surface area contributed by atoms with E-state index < -0.39 is 10.0 Å². The first-order valence-electron chi connectivity index (χ1n) is 6.94. The molecule has 1 heterocycles. The maximum atomic E-state index is 11.2. The van der Waals surface area contributed by atoms with Crippen LogP contribution in [0, 0.1) is 0 Å². The maximum Gasteiger partial charge on any atom is 0.208 e. The predicted molar refractivity (Wildman–Crippen MR) is 82.5 cm³/mol. The van der Waals surface area contributed by atoms with E-state index in [-0.39, 0.29) is 6.04 Å². The average Bonchev–Trinajstić information content (AvgIpc) is 2.38. The highest BCUT2D eigenvalue weighted by Gasteiger charge is 2.19. The Morgan fingerprint density at radius 3 is 2.30 bits per heavy atom. The van der Waals surface area contributed by atoms with Crippen LogP contribution in [-0.4, -0.2) is 58.3 Å². The Kier molecular flexibility index (Phi) is 5.01. The molecular formula is C14H23N3O2S. The summed E-state index contributed by atoms with van der Waals surface area (Å²) in [5.41, 5.74) is 1.26. The fourth-order valence-corrected chi connectivity index (χ4v) is 3.42. The minimum atomic E-state index is -3.11. The zero-order chi connectivity index (χ0) is 14.6. The zero-order valence-electron chi connectivity index (χ0n) is 12.1. The molecule has 20 heavy (non-hydrogen) atoms. The van der Waals surface area contributed by atoms with Crippen LogP contribution < -0.4 is 9.62 Å². The van der Waals surface area contributed by atoms with Crippen molar-refractivity contribution in [2.45, 2.75) is 13.0 Å². The largest absolute Gasteiger partial charge is 0.369 e. The molecule has 0 aliphatic carbocycles. The van der Waals surface area contributed by atoms with E-state index in [1.165, 1.54) is 11.9 Å². The smallest absolute Gasteiger partial charge is 0.208 e. The van der Waals surface area contributed by atoms with Crippen LogP contribution in [0.5, 0.6) is 0 Å². The molecular weight excluding hydrogens is 274 g/mol. The van der Waals surface area contributed by atoms with Gasteiger partial charge in [0.25, 0.3) is 0 Å². The van der Waals surface area contributed by atoms with Gasteiger partial charge in [-0.1, -0.05) is 18.2 Å². The summed E-state index contributed by atoms with van der Waals surface area (Å²) >= 11 is 0. The van der Waals surface area contributed by atoms with Gasteiger partial charge in [-0.05, 0) is 19.1 Å². The van der Waals surface area contributed by atoms with E-state index in [0.29, 0.717) is 0 Å². The molecule has 2 rings (SSSR count). The van der Waals surface area contributed by atoms with Crippen LogP contribution >= 0.6 is 0 Å². The number of rotatable bonds is 5. The molecule has 1 fully saturated rings. The Morgan fingerprint density at radius 1 is 1.15 bits per heavy atom. The van der Waals surface area contributed by atoms with Crippen molar-refractivity contribution in [1.29, 1.82) is 0 Å². The molecule has 1 aliphatic rings. The fraction of sp³-hybridized carbons (Fsp3) is 0.571. The summed E-state index contributed by atoms with van der Waals surface area (Å²) in [5.74, 6) is 0. The van der Waals surface area contributed by atoms with Crippen molar-refractivity contribution in [2.75, 3.05) is 43.9 Å². The third-order valence-corrected chi connectivity index (χ3v) is 4.27. The van der Waals surface area contributed by atoms with Crippen molar-refractivity contribution in [1.82, 2.24) is 9.62 Å². The zero-order valence-corrected chi connectivity index (χ0v) is 12.9. The number of sulfonamides is 1. The first-order chi connectivity index (χ1) is 9.44. The van der Waals surface area contributed by atoms with Gasteiger partial charge in [0.1, 0.15) is 0 Å². The lowest BCUT2D eigenvalue weighted by Gasteiger charge is -2.37. The van der Waals surface area contributed by atoms with Gasteiger partial charge in [0, 0.05) is 44.5 Å². The summed E-state index contributed by atoms with van der Waals surface area (Å²) in [6.07, 6.45) is 1.21. The molecule has 0 unspecified atom stereocenters. The van der Waals surface area contributed by atoms with Gasteiger partial charge in [0.05, 0.1) is 6.26 Å². The lowest BCUT2D eigenvalue weighted by molar-refractivity contribution is 0.242. The number of para-hydroxylation sites is 1. The number of hydrogen-bond acceptors (Lipinski definition) is 4. The first kappa shape index (κ1) is 15.3. The van der Waals surface area contributed by atoms with Crippen LogP contribution in [0.2, 0.25) is 0 Å². The fourth-order valence-electron chi connectivity index (χ4n) is 2.62. The molecule has 1 aliphatic heterocycles. The Balaban J connectivity index is 1.80. The summed E-state index contributed by atoms with van der Waals surface area (Å²) in [5, 5.41) is 0. The number of nitrogens with one attached hydrogen (secondary N) is 1. The lowest BCUT2D eigenvalue weighted by atomic mass is 10.2. The summed E-state index contributed by atoms with van der Waals surface area (Å²) in [6, 6.07) is 10.3. The van der Waals surface area contributed by atoms with Gasteiger partial charge in [-0.3, -0.25) is 4.90 Å². The maximum absolute atomic E-state index is 11.2. The first-order valence-corrected chi connectivity index (χ1v) is 8.83. The van der Waals surface area contributed by atoms with Gasteiger partial charge >= 0.3 is 0 Å². The lowest BCUT2D eigenvalue weighted by Crippen LogP contribution is -2.50. The Labute approximate surface area is 121 Å². The third-order valence-electron chi connectivity index (χ3n) is 3.44. The van der Waals surface area contributed by atoms with Gasteiger partial charge in [-0.15, -0.1) is 0 Å². The summed E-state index contributed by atoms with van der Waals surface area (Å²) in [7, 11) is -3.11. The van der Waals surface area contributed by atoms with Gasteiger partial charge < -0.3 is 4.90 Å². The number of piperazine rings is 1. The van der Waals surface area contributed by atoms with Gasteiger partial charge in [-0.25, -0.2) is 13.1 Å². The molecule has 0 spiro atoms. The molecule has 1 N–H and O–H groups in total. The number of nitrogens with zero attached hydrogens (tertiary/aromatic N) is 2. The molecule has 0 aromatic heterocycles. The van der Waals surface area contributed by atoms with E-state index in [9.17, 15) is 8.42 Å². The highest BCUT2D eigenvalue weighted by molar-refractivity contribution is 7.88. The van der Waals surface area contributed by atoms with E-state index >= 15 is 0 Å². The number of anilines is 1. The Morgan fingerprint density at radius 2 is 1.75 bits per heavy atom. The van der Waals surface area contributed by atoms with Crippen LogP contribution in [0.4, 0.5) is 5.69 Å². The van der Waals surface area contributed by atoms with E-state index in [1.807, 2.05) is 13.0 Å². The van der Waals surface area contributed by atoms with Crippen molar-refractivity contribution >= 4 is 15.7 Å². The van der Waals surface area contributed by atoms with Crippen molar-refractivity contribution in [3.8, 4) is 0 Å². The quantitative estimate of drug-likeness (QED) is 0.871. The molecule has 0 bridgehead atoms. The Hall–Kier alpha value is -1.11.